The number of para-hydroxylation sites is 1. The second-order valence-corrected chi connectivity index (χ2v) is 6.33. The van der Waals surface area contributed by atoms with E-state index in [1.807, 2.05) is 30.3 Å². The molecular weight excluding hydrogens is 284 g/mol. The van der Waals surface area contributed by atoms with Crippen molar-refractivity contribution in [3.63, 3.8) is 0 Å². The van der Waals surface area contributed by atoms with E-state index in [-0.39, 0.29) is 0 Å². The standard InChI is InChI=1S/C15H20N4OS/c16-15-18-17-14(21-15)8-10-19-9-4-5-12(19)11-20-13-6-2-1-3-7-13/h1-3,6-7,12H,4-5,8-11H2,(H2,16,18). The van der Waals surface area contributed by atoms with Crippen LogP contribution in [0.5, 0.6) is 5.75 Å². The van der Waals surface area contributed by atoms with Crippen molar-refractivity contribution in [3.8, 4) is 5.75 Å². The summed E-state index contributed by atoms with van der Waals surface area (Å²) < 4.78 is 5.89. The summed E-state index contributed by atoms with van der Waals surface area (Å²) in [6.07, 6.45) is 3.35. The molecule has 0 aliphatic carbocycles. The number of rotatable bonds is 6. The van der Waals surface area contributed by atoms with Crippen molar-refractivity contribution >= 4 is 16.5 Å². The van der Waals surface area contributed by atoms with Crippen molar-refractivity contribution in [3.05, 3.63) is 35.3 Å². The Hall–Kier alpha value is -1.66. The summed E-state index contributed by atoms with van der Waals surface area (Å²) in [5.41, 5.74) is 5.61. The van der Waals surface area contributed by atoms with Gasteiger partial charge in [-0.3, -0.25) is 4.90 Å². The lowest BCUT2D eigenvalue weighted by atomic mass is 10.2. The first-order valence-electron chi connectivity index (χ1n) is 7.31. The summed E-state index contributed by atoms with van der Waals surface area (Å²) in [6, 6.07) is 10.5. The minimum Gasteiger partial charge on any atom is -0.492 e. The molecule has 0 radical (unpaired) electrons. The number of aromatic nitrogens is 2. The van der Waals surface area contributed by atoms with Crippen LogP contribution < -0.4 is 10.5 Å². The van der Waals surface area contributed by atoms with Gasteiger partial charge in [0.2, 0.25) is 5.13 Å². The van der Waals surface area contributed by atoms with E-state index in [9.17, 15) is 0 Å². The Balaban J connectivity index is 1.48. The van der Waals surface area contributed by atoms with Crippen molar-refractivity contribution in [2.24, 2.45) is 0 Å². The van der Waals surface area contributed by atoms with Gasteiger partial charge in [0.25, 0.3) is 0 Å². The monoisotopic (exact) mass is 304 g/mol. The highest BCUT2D eigenvalue weighted by molar-refractivity contribution is 7.15. The quantitative estimate of drug-likeness (QED) is 0.886. The Bertz CT molecular complexity index is 560. The molecule has 2 aromatic rings. The van der Waals surface area contributed by atoms with E-state index >= 15 is 0 Å². The number of benzene rings is 1. The number of nitrogens with zero attached hydrogens (tertiary/aromatic N) is 3. The molecule has 2 N–H and O–H groups in total. The molecule has 1 aromatic carbocycles. The molecule has 1 atom stereocenters. The number of anilines is 1. The highest BCUT2D eigenvalue weighted by atomic mass is 32.1. The van der Waals surface area contributed by atoms with Gasteiger partial charge in [-0.1, -0.05) is 29.5 Å². The summed E-state index contributed by atoms with van der Waals surface area (Å²) in [5.74, 6) is 0.946. The molecule has 112 valence electrons. The molecule has 0 saturated carbocycles. The molecule has 3 rings (SSSR count). The number of likely N-dealkylation sites (tertiary alicyclic amines) is 1. The minimum absolute atomic E-state index is 0.496. The van der Waals surface area contributed by atoms with E-state index in [2.05, 4.69) is 15.1 Å². The lowest BCUT2D eigenvalue weighted by Gasteiger charge is -2.24. The number of nitrogen functional groups attached to an aromatic ring is 1. The van der Waals surface area contributed by atoms with Gasteiger partial charge in [-0.2, -0.15) is 0 Å². The van der Waals surface area contributed by atoms with Crippen LogP contribution in [0.2, 0.25) is 0 Å². The van der Waals surface area contributed by atoms with Gasteiger partial charge >= 0.3 is 0 Å². The molecule has 1 aromatic heterocycles. The molecule has 1 aliphatic heterocycles. The molecule has 6 heteroatoms. The first kappa shape index (κ1) is 14.3. The van der Waals surface area contributed by atoms with Crippen molar-refractivity contribution in [2.75, 3.05) is 25.4 Å². The summed E-state index contributed by atoms with van der Waals surface area (Å²) in [7, 11) is 0. The normalized spacial score (nSPS) is 19.0. The predicted octanol–water partition coefficient (Wildman–Crippen LogP) is 2.21. The van der Waals surface area contributed by atoms with Crippen LogP contribution in [0.1, 0.15) is 17.8 Å². The Morgan fingerprint density at radius 3 is 2.90 bits per heavy atom. The molecule has 0 spiro atoms. The first-order valence-corrected chi connectivity index (χ1v) is 8.12. The molecule has 1 fully saturated rings. The molecule has 0 amide bonds. The zero-order chi connectivity index (χ0) is 14.5. The second kappa shape index (κ2) is 6.87. The van der Waals surface area contributed by atoms with E-state index in [0.717, 1.165) is 36.9 Å². The number of hydrogen-bond donors (Lipinski definition) is 1. The molecule has 1 saturated heterocycles. The van der Waals surface area contributed by atoms with Gasteiger partial charge < -0.3 is 10.5 Å². The fraction of sp³-hybridized carbons (Fsp3) is 0.467. The Morgan fingerprint density at radius 1 is 1.29 bits per heavy atom. The average Bonchev–Trinajstić information content (AvgIpc) is 3.12. The Morgan fingerprint density at radius 2 is 2.14 bits per heavy atom. The van der Waals surface area contributed by atoms with E-state index in [1.54, 1.807) is 0 Å². The zero-order valence-electron chi connectivity index (χ0n) is 11.9. The van der Waals surface area contributed by atoms with Gasteiger partial charge in [-0.15, -0.1) is 10.2 Å². The summed E-state index contributed by atoms with van der Waals surface area (Å²) in [5, 5.41) is 9.51. The number of nitrogens with two attached hydrogens (primary N) is 1. The van der Waals surface area contributed by atoms with Gasteiger partial charge in [0.05, 0.1) is 0 Å². The third-order valence-electron chi connectivity index (χ3n) is 3.78. The molecule has 0 bridgehead atoms. The Kier molecular flexibility index (Phi) is 4.67. The predicted molar refractivity (Wildman–Crippen MR) is 84.6 cm³/mol. The van der Waals surface area contributed by atoms with E-state index in [0.29, 0.717) is 11.2 Å². The summed E-state index contributed by atoms with van der Waals surface area (Å²) >= 11 is 1.48. The molecule has 21 heavy (non-hydrogen) atoms. The van der Waals surface area contributed by atoms with Crippen molar-refractivity contribution < 1.29 is 4.74 Å². The van der Waals surface area contributed by atoms with E-state index in [4.69, 9.17) is 10.5 Å². The third-order valence-corrected chi connectivity index (χ3v) is 4.59. The van der Waals surface area contributed by atoms with E-state index < -0.39 is 0 Å². The number of ether oxygens (including phenoxy) is 1. The van der Waals surface area contributed by atoms with Gasteiger partial charge in [0, 0.05) is 19.0 Å². The second-order valence-electron chi connectivity index (χ2n) is 5.24. The average molecular weight is 304 g/mol. The van der Waals surface area contributed by atoms with Gasteiger partial charge in [-0.05, 0) is 31.5 Å². The largest absolute Gasteiger partial charge is 0.492 e. The molecule has 1 aliphatic rings. The van der Waals surface area contributed by atoms with Crippen LogP contribution >= 0.6 is 11.3 Å². The van der Waals surface area contributed by atoms with Gasteiger partial charge in [-0.25, -0.2) is 0 Å². The lowest BCUT2D eigenvalue weighted by Crippen LogP contribution is -2.35. The molecule has 2 heterocycles. The summed E-state index contributed by atoms with van der Waals surface area (Å²) in [4.78, 5) is 2.49. The van der Waals surface area contributed by atoms with Crippen molar-refractivity contribution in [1.29, 1.82) is 0 Å². The van der Waals surface area contributed by atoms with Crippen LogP contribution in [0, 0.1) is 0 Å². The van der Waals surface area contributed by atoms with Crippen LogP contribution in [0.4, 0.5) is 5.13 Å². The Labute approximate surface area is 128 Å². The number of hydrogen-bond acceptors (Lipinski definition) is 6. The van der Waals surface area contributed by atoms with Crippen molar-refractivity contribution in [1.82, 2.24) is 15.1 Å². The maximum absolute atomic E-state index is 5.89. The molecular formula is C15H20N4OS. The fourth-order valence-corrected chi connectivity index (χ4v) is 3.29. The topological polar surface area (TPSA) is 64.3 Å². The smallest absolute Gasteiger partial charge is 0.203 e. The maximum Gasteiger partial charge on any atom is 0.203 e. The van der Waals surface area contributed by atoms with Crippen LogP contribution in [0.15, 0.2) is 30.3 Å². The van der Waals surface area contributed by atoms with E-state index in [1.165, 1.54) is 24.2 Å². The van der Waals surface area contributed by atoms with Crippen LogP contribution in [-0.4, -0.2) is 40.8 Å². The lowest BCUT2D eigenvalue weighted by molar-refractivity contribution is 0.174. The maximum atomic E-state index is 5.89. The van der Waals surface area contributed by atoms with Crippen molar-refractivity contribution in [2.45, 2.75) is 25.3 Å². The highest BCUT2D eigenvalue weighted by Gasteiger charge is 2.25. The minimum atomic E-state index is 0.496. The van der Waals surface area contributed by atoms with Crippen LogP contribution in [0.25, 0.3) is 0 Å². The molecule has 1 unspecified atom stereocenters. The van der Waals surface area contributed by atoms with Crippen LogP contribution in [0.3, 0.4) is 0 Å². The highest BCUT2D eigenvalue weighted by Crippen LogP contribution is 2.20. The zero-order valence-corrected chi connectivity index (χ0v) is 12.8. The van der Waals surface area contributed by atoms with Gasteiger partial charge in [0.1, 0.15) is 17.4 Å². The SMILES string of the molecule is Nc1nnc(CCN2CCCC2COc2ccccc2)s1. The van der Waals surface area contributed by atoms with Gasteiger partial charge in [0.15, 0.2) is 0 Å². The third kappa shape index (κ3) is 3.92. The first-order chi connectivity index (χ1) is 10.3. The fourth-order valence-electron chi connectivity index (χ4n) is 2.69. The molecule has 5 nitrogen and oxygen atoms in total. The van der Waals surface area contributed by atoms with Crippen LogP contribution in [-0.2, 0) is 6.42 Å². The summed E-state index contributed by atoms with van der Waals surface area (Å²) in [6.45, 7) is 2.89.